The Hall–Kier alpha value is -1.63. The molecule has 0 amide bonds. The smallest absolute Gasteiger partial charge is 0.231 e. The normalized spacial score (nSPS) is 12.2. The molecule has 0 spiro atoms. The lowest BCUT2D eigenvalue weighted by molar-refractivity contribution is -0.137. The van der Waals surface area contributed by atoms with Crippen LogP contribution in [0.5, 0.6) is 0 Å². The van der Waals surface area contributed by atoms with Gasteiger partial charge in [0.1, 0.15) is 5.69 Å². The fourth-order valence-corrected chi connectivity index (χ4v) is 1.77. The molecule has 0 saturated carbocycles. The van der Waals surface area contributed by atoms with Crippen molar-refractivity contribution >= 4 is 11.6 Å². The molecule has 19 heavy (non-hydrogen) atoms. The SMILES string of the molecule is FC(F)c1ccnn1-c1ccc(Cl)cc1C(F)(F)F. The molecule has 2 rings (SSSR count). The Bertz CT molecular complexity index is 591. The van der Waals surface area contributed by atoms with Crippen LogP contribution in [0, 0.1) is 0 Å². The molecule has 0 radical (unpaired) electrons. The summed E-state index contributed by atoms with van der Waals surface area (Å²) in [5.74, 6) is 0. The molecule has 0 atom stereocenters. The Kier molecular flexibility index (Phi) is 3.49. The topological polar surface area (TPSA) is 17.8 Å². The Labute approximate surface area is 109 Å². The highest BCUT2D eigenvalue weighted by Gasteiger charge is 2.35. The highest BCUT2D eigenvalue weighted by molar-refractivity contribution is 6.30. The molecule has 1 aromatic carbocycles. The maximum absolute atomic E-state index is 12.9. The third-order valence-electron chi connectivity index (χ3n) is 2.39. The number of hydrogen-bond donors (Lipinski definition) is 0. The van der Waals surface area contributed by atoms with E-state index < -0.39 is 29.5 Å². The minimum Gasteiger partial charge on any atom is -0.231 e. The number of aromatic nitrogens is 2. The third kappa shape index (κ3) is 2.70. The summed E-state index contributed by atoms with van der Waals surface area (Å²) >= 11 is 5.51. The van der Waals surface area contributed by atoms with Gasteiger partial charge in [-0.05, 0) is 24.3 Å². The molecule has 0 aliphatic carbocycles. The lowest BCUT2D eigenvalue weighted by atomic mass is 10.1. The van der Waals surface area contributed by atoms with E-state index in [-0.39, 0.29) is 5.02 Å². The van der Waals surface area contributed by atoms with Crippen LogP contribution in [-0.2, 0) is 6.18 Å². The van der Waals surface area contributed by atoms with Gasteiger partial charge < -0.3 is 0 Å². The van der Waals surface area contributed by atoms with Gasteiger partial charge in [-0.3, -0.25) is 0 Å². The van der Waals surface area contributed by atoms with Crippen LogP contribution >= 0.6 is 11.6 Å². The molecule has 1 heterocycles. The molecule has 0 saturated heterocycles. The number of alkyl halides is 5. The van der Waals surface area contributed by atoms with E-state index in [1.165, 1.54) is 6.07 Å². The van der Waals surface area contributed by atoms with Crippen molar-refractivity contribution in [2.45, 2.75) is 12.6 Å². The van der Waals surface area contributed by atoms with E-state index in [0.29, 0.717) is 10.7 Å². The molecular weight excluding hydrogens is 291 g/mol. The molecule has 2 nitrogen and oxygen atoms in total. The van der Waals surface area contributed by atoms with Gasteiger partial charge in [-0.2, -0.15) is 18.3 Å². The first-order chi connectivity index (χ1) is 8.80. The van der Waals surface area contributed by atoms with Crippen molar-refractivity contribution in [2.24, 2.45) is 0 Å². The van der Waals surface area contributed by atoms with Gasteiger partial charge >= 0.3 is 6.18 Å². The van der Waals surface area contributed by atoms with Crippen LogP contribution in [0.2, 0.25) is 5.02 Å². The zero-order chi connectivity index (χ0) is 14.2. The molecule has 1 aromatic heterocycles. The van der Waals surface area contributed by atoms with Gasteiger partial charge in [0.25, 0.3) is 6.43 Å². The summed E-state index contributed by atoms with van der Waals surface area (Å²) in [5, 5.41) is 3.37. The van der Waals surface area contributed by atoms with Crippen molar-refractivity contribution in [1.82, 2.24) is 9.78 Å². The van der Waals surface area contributed by atoms with Crippen LogP contribution in [0.25, 0.3) is 5.69 Å². The van der Waals surface area contributed by atoms with E-state index in [1.807, 2.05) is 0 Å². The molecule has 0 aliphatic heterocycles. The average molecular weight is 297 g/mol. The maximum Gasteiger partial charge on any atom is 0.418 e. The first-order valence-corrected chi connectivity index (χ1v) is 5.37. The van der Waals surface area contributed by atoms with E-state index >= 15 is 0 Å². The maximum atomic E-state index is 12.9. The summed E-state index contributed by atoms with van der Waals surface area (Å²) in [5.41, 5.74) is -2.23. The van der Waals surface area contributed by atoms with Gasteiger partial charge in [-0.15, -0.1) is 0 Å². The molecule has 2 aromatic rings. The van der Waals surface area contributed by atoms with Crippen molar-refractivity contribution in [3.05, 3.63) is 46.7 Å². The summed E-state index contributed by atoms with van der Waals surface area (Å²) in [6.45, 7) is 0. The van der Waals surface area contributed by atoms with Gasteiger partial charge in [0.05, 0.1) is 11.3 Å². The number of rotatable bonds is 2. The Morgan fingerprint density at radius 2 is 1.84 bits per heavy atom. The predicted molar refractivity (Wildman–Crippen MR) is 58.5 cm³/mol. The number of nitrogens with zero attached hydrogens (tertiary/aromatic N) is 2. The molecule has 0 unspecified atom stereocenters. The summed E-state index contributed by atoms with van der Waals surface area (Å²) in [6.07, 6.45) is -6.64. The fraction of sp³-hybridized carbons (Fsp3) is 0.182. The van der Waals surface area contributed by atoms with Gasteiger partial charge in [0, 0.05) is 11.2 Å². The van der Waals surface area contributed by atoms with E-state index in [1.54, 1.807) is 0 Å². The largest absolute Gasteiger partial charge is 0.418 e. The second-order valence-electron chi connectivity index (χ2n) is 3.63. The quantitative estimate of drug-likeness (QED) is 0.747. The number of hydrogen-bond acceptors (Lipinski definition) is 1. The third-order valence-corrected chi connectivity index (χ3v) is 2.62. The lowest BCUT2D eigenvalue weighted by Gasteiger charge is -2.15. The predicted octanol–water partition coefficient (Wildman–Crippen LogP) is 4.48. The summed E-state index contributed by atoms with van der Waals surface area (Å²) in [6, 6.07) is 3.82. The molecule has 0 bridgehead atoms. The van der Waals surface area contributed by atoms with E-state index in [2.05, 4.69) is 5.10 Å². The van der Waals surface area contributed by atoms with E-state index in [4.69, 9.17) is 11.6 Å². The summed E-state index contributed by atoms with van der Waals surface area (Å²) in [4.78, 5) is 0. The van der Waals surface area contributed by atoms with Crippen LogP contribution in [-0.4, -0.2) is 9.78 Å². The summed E-state index contributed by atoms with van der Waals surface area (Å²) in [7, 11) is 0. The fourth-order valence-electron chi connectivity index (χ4n) is 1.60. The second-order valence-corrected chi connectivity index (χ2v) is 4.06. The second kappa shape index (κ2) is 4.80. The van der Waals surface area contributed by atoms with Crippen LogP contribution in [0.4, 0.5) is 22.0 Å². The first kappa shape index (κ1) is 13.8. The van der Waals surface area contributed by atoms with Gasteiger partial charge in [0.2, 0.25) is 0 Å². The highest BCUT2D eigenvalue weighted by Crippen LogP contribution is 2.36. The minimum atomic E-state index is -4.72. The molecular formula is C11H6ClF5N2. The van der Waals surface area contributed by atoms with Crippen molar-refractivity contribution < 1.29 is 22.0 Å². The molecule has 0 N–H and O–H groups in total. The van der Waals surface area contributed by atoms with Crippen molar-refractivity contribution in [3.8, 4) is 5.69 Å². The minimum absolute atomic E-state index is 0.137. The van der Waals surface area contributed by atoms with Crippen LogP contribution in [0.15, 0.2) is 30.5 Å². The van der Waals surface area contributed by atoms with Gasteiger partial charge in [-0.1, -0.05) is 11.6 Å². The van der Waals surface area contributed by atoms with Gasteiger partial charge in [0.15, 0.2) is 0 Å². The Morgan fingerprint density at radius 1 is 1.16 bits per heavy atom. The zero-order valence-corrected chi connectivity index (χ0v) is 9.88. The number of benzene rings is 1. The Morgan fingerprint density at radius 3 is 2.42 bits per heavy atom. The van der Waals surface area contributed by atoms with Crippen LogP contribution in [0.3, 0.4) is 0 Å². The van der Waals surface area contributed by atoms with Gasteiger partial charge in [-0.25, -0.2) is 13.5 Å². The molecule has 0 fully saturated rings. The van der Waals surface area contributed by atoms with Crippen molar-refractivity contribution in [2.75, 3.05) is 0 Å². The highest BCUT2D eigenvalue weighted by atomic mass is 35.5. The zero-order valence-electron chi connectivity index (χ0n) is 9.13. The van der Waals surface area contributed by atoms with Crippen LogP contribution in [0.1, 0.15) is 17.7 Å². The summed E-state index contributed by atoms with van der Waals surface area (Å²) < 4.78 is 64.5. The average Bonchev–Trinajstić information content (AvgIpc) is 2.76. The standard InChI is InChI=1S/C11H6ClF5N2/c12-6-1-2-8(7(5-6)11(15,16)17)19-9(10(13)14)3-4-18-19/h1-5,10H. The molecule has 102 valence electrons. The van der Waals surface area contributed by atoms with Crippen molar-refractivity contribution in [1.29, 1.82) is 0 Å². The first-order valence-electron chi connectivity index (χ1n) is 5.00. The Balaban J connectivity index is 2.65. The van der Waals surface area contributed by atoms with E-state index in [9.17, 15) is 22.0 Å². The van der Waals surface area contributed by atoms with E-state index in [0.717, 1.165) is 18.3 Å². The molecule has 8 heteroatoms. The molecule has 0 aliphatic rings. The van der Waals surface area contributed by atoms with Crippen LogP contribution < -0.4 is 0 Å². The monoisotopic (exact) mass is 296 g/mol. The van der Waals surface area contributed by atoms with Crippen molar-refractivity contribution in [3.63, 3.8) is 0 Å². The number of halogens is 6. The lowest BCUT2D eigenvalue weighted by Crippen LogP contribution is -2.13.